The predicted octanol–water partition coefficient (Wildman–Crippen LogP) is 3.53. The van der Waals surface area contributed by atoms with Crippen LogP contribution in [0.1, 0.15) is 32.0 Å². The summed E-state index contributed by atoms with van der Waals surface area (Å²) in [6, 6.07) is 9.01. The molecule has 2 rings (SSSR count). The maximum absolute atomic E-state index is 12.9. The lowest BCUT2D eigenvalue weighted by Crippen LogP contribution is -2.36. The lowest BCUT2D eigenvalue weighted by molar-refractivity contribution is 0.0576. The Morgan fingerprint density at radius 1 is 1.15 bits per heavy atom. The number of hydrogen-bond acceptors (Lipinski definition) is 6. The molecule has 1 amide bonds. The van der Waals surface area contributed by atoms with E-state index in [4.69, 9.17) is 14.2 Å². The number of rotatable bonds is 6. The maximum Gasteiger partial charge on any atom is 0.415 e. The number of pyridine rings is 1. The average molecular weight is 374 g/mol. The second-order valence-corrected chi connectivity index (χ2v) is 6.92. The van der Waals surface area contributed by atoms with E-state index in [9.17, 15) is 9.90 Å². The predicted molar refractivity (Wildman–Crippen MR) is 102 cm³/mol. The molecular weight excluding hydrogens is 348 g/mol. The standard InChI is InChI=1S/C20H26N2O5/c1-20(2,3)27-19(24)22(12-14-6-8-16(25-4)9-7-14)17-10-15(13-23)21-11-18(17)26-5/h6-11,23H,12-13H2,1-5H3. The second-order valence-electron chi connectivity index (χ2n) is 6.92. The Morgan fingerprint density at radius 2 is 1.81 bits per heavy atom. The van der Waals surface area contributed by atoms with Crippen LogP contribution in [-0.2, 0) is 17.9 Å². The summed E-state index contributed by atoms with van der Waals surface area (Å²) in [5.74, 6) is 1.14. The Kier molecular flexibility index (Phi) is 6.63. The quantitative estimate of drug-likeness (QED) is 0.833. The first-order chi connectivity index (χ1) is 12.8. The molecule has 0 radical (unpaired) electrons. The molecule has 0 saturated carbocycles. The van der Waals surface area contributed by atoms with Crippen LogP contribution in [0.4, 0.5) is 10.5 Å². The van der Waals surface area contributed by atoms with E-state index in [0.717, 1.165) is 11.3 Å². The molecule has 0 bridgehead atoms. The van der Waals surface area contributed by atoms with Gasteiger partial charge in [-0.25, -0.2) is 4.79 Å². The van der Waals surface area contributed by atoms with Crippen molar-refractivity contribution in [2.24, 2.45) is 0 Å². The number of methoxy groups -OCH3 is 2. The van der Waals surface area contributed by atoms with Crippen molar-refractivity contribution in [1.82, 2.24) is 4.98 Å². The van der Waals surface area contributed by atoms with Crippen molar-refractivity contribution >= 4 is 11.8 Å². The molecule has 0 unspecified atom stereocenters. The Labute approximate surface area is 159 Å². The van der Waals surface area contributed by atoms with Gasteiger partial charge in [-0.1, -0.05) is 12.1 Å². The van der Waals surface area contributed by atoms with Crippen LogP contribution in [0.3, 0.4) is 0 Å². The van der Waals surface area contributed by atoms with Crippen LogP contribution >= 0.6 is 0 Å². The van der Waals surface area contributed by atoms with Crippen molar-refractivity contribution in [3.8, 4) is 11.5 Å². The highest BCUT2D eigenvalue weighted by Gasteiger charge is 2.26. The highest BCUT2D eigenvalue weighted by Crippen LogP contribution is 2.31. The normalized spacial score (nSPS) is 11.0. The zero-order chi connectivity index (χ0) is 20.0. The zero-order valence-electron chi connectivity index (χ0n) is 16.4. The number of hydrogen-bond donors (Lipinski definition) is 1. The SMILES string of the molecule is COc1ccc(CN(C(=O)OC(C)(C)C)c2cc(CO)ncc2OC)cc1. The highest BCUT2D eigenvalue weighted by molar-refractivity contribution is 5.89. The molecule has 1 aromatic heterocycles. The summed E-state index contributed by atoms with van der Waals surface area (Å²) in [7, 11) is 3.10. The van der Waals surface area contributed by atoms with Gasteiger partial charge in [-0.05, 0) is 44.5 Å². The number of amides is 1. The van der Waals surface area contributed by atoms with E-state index < -0.39 is 11.7 Å². The van der Waals surface area contributed by atoms with Gasteiger partial charge in [-0.2, -0.15) is 0 Å². The summed E-state index contributed by atoms with van der Waals surface area (Å²) in [6.45, 7) is 5.42. The molecule has 1 aromatic carbocycles. The van der Waals surface area contributed by atoms with Crippen LogP contribution in [0.25, 0.3) is 0 Å². The summed E-state index contributed by atoms with van der Waals surface area (Å²) in [6.07, 6.45) is 0.957. The zero-order valence-corrected chi connectivity index (χ0v) is 16.4. The molecule has 0 saturated heterocycles. The first kappa shape index (κ1) is 20.5. The van der Waals surface area contributed by atoms with Crippen LogP contribution in [-0.4, -0.2) is 36.0 Å². The molecule has 1 heterocycles. The lowest BCUT2D eigenvalue weighted by Gasteiger charge is -2.28. The van der Waals surface area contributed by atoms with E-state index in [1.165, 1.54) is 18.2 Å². The van der Waals surface area contributed by atoms with Crippen molar-refractivity contribution in [1.29, 1.82) is 0 Å². The first-order valence-corrected chi connectivity index (χ1v) is 8.54. The number of carbonyl (C=O) groups is 1. The maximum atomic E-state index is 12.9. The number of nitrogens with zero attached hydrogens (tertiary/aromatic N) is 2. The van der Waals surface area contributed by atoms with Gasteiger partial charge in [0.05, 0.1) is 44.9 Å². The smallest absolute Gasteiger partial charge is 0.415 e. The fourth-order valence-electron chi connectivity index (χ4n) is 2.41. The minimum absolute atomic E-state index is 0.248. The molecule has 1 N–H and O–H groups in total. The van der Waals surface area contributed by atoms with Gasteiger partial charge >= 0.3 is 6.09 Å². The lowest BCUT2D eigenvalue weighted by atomic mass is 10.2. The Balaban J connectivity index is 2.44. The molecule has 0 atom stereocenters. The highest BCUT2D eigenvalue weighted by atomic mass is 16.6. The van der Waals surface area contributed by atoms with Crippen molar-refractivity contribution in [2.45, 2.75) is 39.5 Å². The number of aromatic nitrogens is 1. The van der Waals surface area contributed by atoms with E-state index >= 15 is 0 Å². The van der Waals surface area contributed by atoms with Gasteiger partial charge in [0.2, 0.25) is 0 Å². The van der Waals surface area contributed by atoms with Crippen molar-refractivity contribution in [2.75, 3.05) is 19.1 Å². The Morgan fingerprint density at radius 3 is 2.33 bits per heavy atom. The van der Waals surface area contributed by atoms with E-state index in [1.54, 1.807) is 33.9 Å². The van der Waals surface area contributed by atoms with Crippen molar-refractivity contribution in [3.63, 3.8) is 0 Å². The molecule has 27 heavy (non-hydrogen) atoms. The number of aliphatic hydroxyl groups excluding tert-OH is 1. The summed E-state index contributed by atoms with van der Waals surface area (Å²) in [5, 5.41) is 9.43. The average Bonchev–Trinajstić information content (AvgIpc) is 2.64. The molecule has 0 aliphatic carbocycles. The number of benzene rings is 1. The third kappa shape index (κ3) is 5.59. The summed E-state index contributed by atoms with van der Waals surface area (Å²) in [4.78, 5) is 18.5. The Hall–Kier alpha value is -2.80. The van der Waals surface area contributed by atoms with Crippen LogP contribution in [0.15, 0.2) is 36.5 Å². The topological polar surface area (TPSA) is 81.1 Å². The molecule has 146 valence electrons. The molecule has 0 fully saturated rings. The minimum Gasteiger partial charge on any atom is -0.497 e. The number of carbonyl (C=O) groups excluding carboxylic acids is 1. The van der Waals surface area contributed by atoms with Crippen molar-refractivity contribution < 1.29 is 24.1 Å². The van der Waals surface area contributed by atoms with Crippen LogP contribution in [0.5, 0.6) is 11.5 Å². The van der Waals surface area contributed by atoms with Gasteiger partial charge in [-0.3, -0.25) is 9.88 Å². The van der Waals surface area contributed by atoms with E-state index in [2.05, 4.69) is 4.98 Å². The van der Waals surface area contributed by atoms with Crippen LogP contribution < -0.4 is 14.4 Å². The molecule has 7 nitrogen and oxygen atoms in total. The van der Waals surface area contributed by atoms with Crippen LogP contribution in [0, 0.1) is 0 Å². The van der Waals surface area contributed by atoms with E-state index in [-0.39, 0.29) is 13.2 Å². The van der Waals surface area contributed by atoms with E-state index in [0.29, 0.717) is 17.1 Å². The third-order valence-corrected chi connectivity index (χ3v) is 3.69. The Bertz CT molecular complexity index is 769. The summed E-state index contributed by atoms with van der Waals surface area (Å²) < 4.78 is 16.1. The second kappa shape index (κ2) is 8.73. The molecule has 0 aliphatic heterocycles. The van der Waals surface area contributed by atoms with Gasteiger partial charge < -0.3 is 19.3 Å². The van der Waals surface area contributed by atoms with Gasteiger partial charge in [0.1, 0.15) is 11.4 Å². The van der Waals surface area contributed by atoms with Gasteiger partial charge in [-0.15, -0.1) is 0 Å². The molecule has 0 aliphatic rings. The summed E-state index contributed by atoms with van der Waals surface area (Å²) in [5.41, 5.74) is 1.12. The number of anilines is 1. The molecule has 0 spiro atoms. The van der Waals surface area contributed by atoms with Crippen molar-refractivity contribution in [3.05, 3.63) is 47.8 Å². The number of ether oxygens (including phenoxy) is 3. The number of aliphatic hydroxyl groups is 1. The fourth-order valence-corrected chi connectivity index (χ4v) is 2.41. The van der Waals surface area contributed by atoms with Crippen LogP contribution in [0.2, 0.25) is 0 Å². The first-order valence-electron chi connectivity index (χ1n) is 8.54. The monoisotopic (exact) mass is 374 g/mol. The minimum atomic E-state index is -0.657. The molecule has 2 aromatic rings. The third-order valence-electron chi connectivity index (χ3n) is 3.69. The largest absolute Gasteiger partial charge is 0.497 e. The molecular formula is C20H26N2O5. The molecule has 7 heteroatoms. The van der Waals surface area contributed by atoms with E-state index in [1.807, 2.05) is 24.3 Å². The fraction of sp³-hybridized carbons (Fsp3) is 0.400. The van der Waals surface area contributed by atoms with Gasteiger partial charge in [0.25, 0.3) is 0 Å². The van der Waals surface area contributed by atoms with Gasteiger partial charge in [0.15, 0.2) is 5.75 Å². The van der Waals surface area contributed by atoms with Gasteiger partial charge in [0, 0.05) is 0 Å². The summed E-state index contributed by atoms with van der Waals surface area (Å²) >= 11 is 0.